The third kappa shape index (κ3) is 2.40. The highest BCUT2D eigenvalue weighted by Gasteiger charge is 2.45. The summed E-state index contributed by atoms with van der Waals surface area (Å²) >= 11 is 0. The van der Waals surface area contributed by atoms with Gasteiger partial charge < -0.3 is 5.11 Å². The molecule has 0 bridgehead atoms. The van der Waals surface area contributed by atoms with E-state index in [1.54, 1.807) is 0 Å². The molecule has 2 saturated carbocycles. The molecule has 3 nitrogen and oxygen atoms in total. The van der Waals surface area contributed by atoms with E-state index in [1.165, 1.54) is 19.3 Å². The first-order valence-corrected chi connectivity index (χ1v) is 6.63. The van der Waals surface area contributed by atoms with Gasteiger partial charge in [0, 0.05) is 6.04 Å². The van der Waals surface area contributed by atoms with E-state index in [4.69, 9.17) is 0 Å². The van der Waals surface area contributed by atoms with Crippen molar-refractivity contribution < 1.29 is 9.90 Å². The molecule has 0 amide bonds. The number of carboxylic acids is 1. The number of carbonyl (C=O) groups is 1. The molecule has 2 aliphatic carbocycles. The molecule has 2 unspecified atom stereocenters. The van der Waals surface area contributed by atoms with Gasteiger partial charge in [-0.25, -0.2) is 0 Å². The minimum Gasteiger partial charge on any atom is -0.480 e. The Bertz CT molecular complexity index is 261. The van der Waals surface area contributed by atoms with Gasteiger partial charge in [-0.3, -0.25) is 10.1 Å². The molecule has 2 atom stereocenters. The van der Waals surface area contributed by atoms with E-state index in [-0.39, 0.29) is 0 Å². The third-order valence-corrected chi connectivity index (χ3v) is 4.26. The molecule has 0 heterocycles. The van der Waals surface area contributed by atoms with Crippen molar-refractivity contribution in [2.45, 2.75) is 69.9 Å². The summed E-state index contributed by atoms with van der Waals surface area (Å²) in [5.74, 6) is -0.0883. The number of hydrogen-bond acceptors (Lipinski definition) is 2. The Kier molecular flexibility index (Phi) is 3.53. The fourth-order valence-electron chi connectivity index (χ4n) is 3.32. The fourth-order valence-corrected chi connectivity index (χ4v) is 3.32. The molecule has 2 aliphatic rings. The minimum atomic E-state index is -0.637. The molecular formula is C13H23NO2. The van der Waals surface area contributed by atoms with Gasteiger partial charge in [0.25, 0.3) is 0 Å². The predicted molar refractivity (Wildman–Crippen MR) is 63.4 cm³/mol. The van der Waals surface area contributed by atoms with Crippen molar-refractivity contribution in [1.82, 2.24) is 5.32 Å². The lowest BCUT2D eigenvalue weighted by Gasteiger charge is -2.33. The number of aliphatic carboxylic acids is 1. The van der Waals surface area contributed by atoms with E-state index in [1.807, 2.05) is 0 Å². The Hall–Kier alpha value is -0.570. The van der Waals surface area contributed by atoms with E-state index >= 15 is 0 Å². The maximum atomic E-state index is 11.5. The largest absolute Gasteiger partial charge is 0.480 e. The Labute approximate surface area is 97.6 Å². The van der Waals surface area contributed by atoms with Crippen molar-refractivity contribution in [1.29, 1.82) is 0 Å². The first-order chi connectivity index (χ1) is 7.62. The second kappa shape index (κ2) is 4.74. The minimum absolute atomic E-state index is 0.440. The average Bonchev–Trinajstić information content (AvgIpc) is 2.63. The van der Waals surface area contributed by atoms with Crippen LogP contribution in [0.15, 0.2) is 0 Å². The summed E-state index contributed by atoms with van der Waals surface area (Å²) in [6.45, 7) is 2.16. The summed E-state index contributed by atoms with van der Waals surface area (Å²) in [5.41, 5.74) is -0.610. The lowest BCUT2D eigenvalue weighted by atomic mass is 9.89. The van der Waals surface area contributed by atoms with E-state index < -0.39 is 11.5 Å². The molecule has 0 saturated heterocycles. The number of hydrogen-bond donors (Lipinski definition) is 2. The van der Waals surface area contributed by atoms with Gasteiger partial charge in [-0.15, -0.1) is 0 Å². The van der Waals surface area contributed by atoms with Gasteiger partial charge in [0.1, 0.15) is 5.54 Å². The van der Waals surface area contributed by atoms with Gasteiger partial charge in [0.2, 0.25) is 0 Å². The molecule has 16 heavy (non-hydrogen) atoms. The molecule has 2 N–H and O–H groups in total. The van der Waals surface area contributed by atoms with Gasteiger partial charge in [-0.1, -0.05) is 26.2 Å². The van der Waals surface area contributed by atoms with E-state index in [0.29, 0.717) is 12.0 Å². The Morgan fingerprint density at radius 1 is 1.25 bits per heavy atom. The smallest absolute Gasteiger partial charge is 0.323 e. The van der Waals surface area contributed by atoms with Crippen LogP contribution in [0.4, 0.5) is 0 Å². The van der Waals surface area contributed by atoms with Gasteiger partial charge in [0.05, 0.1) is 0 Å². The van der Waals surface area contributed by atoms with Gasteiger partial charge in [-0.2, -0.15) is 0 Å². The van der Waals surface area contributed by atoms with E-state index in [0.717, 1.165) is 32.1 Å². The van der Waals surface area contributed by atoms with Gasteiger partial charge in [0.15, 0.2) is 0 Å². The second-order valence-electron chi connectivity index (χ2n) is 5.71. The van der Waals surface area contributed by atoms with Crippen LogP contribution in [0.5, 0.6) is 0 Å². The quantitative estimate of drug-likeness (QED) is 0.776. The molecule has 3 heteroatoms. The number of nitrogens with one attached hydrogen (secondary N) is 1. The molecule has 0 aromatic heterocycles. The van der Waals surface area contributed by atoms with Crippen molar-refractivity contribution in [3.05, 3.63) is 0 Å². The van der Waals surface area contributed by atoms with Crippen molar-refractivity contribution >= 4 is 5.97 Å². The summed E-state index contributed by atoms with van der Waals surface area (Å²) in [7, 11) is 0. The maximum Gasteiger partial charge on any atom is 0.323 e. The highest BCUT2D eigenvalue weighted by molar-refractivity contribution is 5.79. The van der Waals surface area contributed by atoms with Crippen LogP contribution in [0.2, 0.25) is 0 Å². The van der Waals surface area contributed by atoms with Gasteiger partial charge >= 0.3 is 5.97 Å². The van der Waals surface area contributed by atoms with Gasteiger partial charge in [-0.05, 0) is 38.0 Å². The summed E-state index contributed by atoms with van der Waals surface area (Å²) in [4.78, 5) is 11.5. The first-order valence-electron chi connectivity index (χ1n) is 6.63. The molecular weight excluding hydrogens is 202 g/mol. The third-order valence-electron chi connectivity index (χ3n) is 4.26. The zero-order chi connectivity index (χ0) is 11.6. The summed E-state index contributed by atoms with van der Waals surface area (Å²) < 4.78 is 0. The molecule has 0 spiro atoms. The molecule has 2 rings (SSSR count). The van der Waals surface area contributed by atoms with Crippen molar-refractivity contribution in [2.75, 3.05) is 0 Å². The second-order valence-corrected chi connectivity index (χ2v) is 5.71. The average molecular weight is 225 g/mol. The van der Waals surface area contributed by atoms with Crippen LogP contribution in [0, 0.1) is 5.92 Å². The van der Waals surface area contributed by atoms with E-state index in [2.05, 4.69) is 12.2 Å². The Morgan fingerprint density at radius 2 is 1.94 bits per heavy atom. The molecule has 92 valence electrons. The lowest BCUT2D eigenvalue weighted by molar-refractivity contribution is -0.145. The van der Waals surface area contributed by atoms with Crippen LogP contribution < -0.4 is 5.32 Å². The topological polar surface area (TPSA) is 49.3 Å². The van der Waals surface area contributed by atoms with Crippen LogP contribution in [0.1, 0.15) is 58.3 Å². The zero-order valence-electron chi connectivity index (χ0n) is 10.2. The first kappa shape index (κ1) is 11.9. The molecule has 2 fully saturated rings. The molecule has 0 aromatic rings. The summed E-state index contributed by atoms with van der Waals surface area (Å²) in [6.07, 6.45) is 8.79. The highest BCUT2D eigenvalue weighted by Crippen LogP contribution is 2.36. The Balaban J connectivity index is 1.99. The van der Waals surface area contributed by atoms with E-state index in [9.17, 15) is 9.90 Å². The summed E-state index contributed by atoms with van der Waals surface area (Å²) in [6, 6.07) is 0.440. The predicted octanol–water partition coefficient (Wildman–Crippen LogP) is 2.55. The van der Waals surface area contributed by atoms with Crippen LogP contribution in [0.3, 0.4) is 0 Å². The molecule has 0 aromatic carbocycles. The van der Waals surface area contributed by atoms with Crippen LogP contribution in [-0.2, 0) is 4.79 Å². The van der Waals surface area contributed by atoms with Crippen LogP contribution >= 0.6 is 0 Å². The van der Waals surface area contributed by atoms with Crippen molar-refractivity contribution in [3.63, 3.8) is 0 Å². The zero-order valence-corrected chi connectivity index (χ0v) is 10.2. The maximum absolute atomic E-state index is 11.5. The lowest BCUT2D eigenvalue weighted by Crippen LogP contribution is -2.54. The summed E-state index contributed by atoms with van der Waals surface area (Å²) in [5, 5.41) is 12.9. The fraction of sp³-hybridized carbons (Fsp3) is 0.923. The van der Waals surface area contributed by atoms with Crippen molar-refractivity contribution in [3.8, 4) is 0 Å². The molecule has 0 radical (unpaired) electrons. The van der Waals surface area contributed by atoms with Crippen LogP contribution in [-0.4, -0.2) is 22.7 Å². The van der Waals surface area contributed by atoms with Crippen LogP contribution in [0.25, 0.3) is 0 Å². The standard InChI is InChI=1S/C13H23NO2/c1-10-7-8-13(9-10,12(15)16)14-11-5-3-2-4-6-11/h10-11,14H,2-9H2,1H3,(H,15,16). The number of carboxylic acid groups (broad SMARTS) is 1. The molecule has 0 aliphatic heterocycles. The Morgan fingerprint density at radius 3 is 2.44 bits per heavy atom. The monoisotopic (exact) mass is 225 g/mol. The number of rotatable bonds is 3. The normalized spacial score (nSPS) is 36.4. The SMILES string of the molecule is CC1CCC(NC2CCCCC2)(C(=O)O)C1. The van der Waals surface area contributed by atoms with Crippen molar-refractivity contribution in [2.24, 2.45) is 5.92 Å². The highest BCUT2D eigenvalue weighted by atomic mass is 16.4.